The van der Waals surface area contributed by atoms with Gasteiger partial charge in [0.1, 0.15) is 24.9 Å². The molecule has 1 aliphatic heterocycles. The van der Waals surface area contributed by atoms with Crippen LogP contribution in [0.1, 0.15) is 130 Å². The Morgan fingerprint density at radius 1 is 0.638 bits per heavy atom. The zero-order valence-corrected chi connectivity index (χ0v) is 28.9. The van der Waals surface area contributed by atoms with Gasteiger partial charge in [0, 0.05) is 26.7 Å². The summed E-state index contributed by atoms with van der Waals surface area (Å²) in [5.74, 6) is -2.63. The van der Waals surface area contributed by atoms with Crippen LogP contribution in [0.25, 0.3) is 0 Å². The number of aliphatic hydroxyl groups excluding tert-OH is 3. The highest BCUT2D eigenvalue weighted by Crippen LogP contribution is 2.31. The fourth-order valence-corrected chi connectivity index (χ4v) is 5.24. The van der Waals surface area contributed by atoms with Crippen LogP contribution >= 0.6 is 0 Å². The first-order chi connectivity index (χ1) is 22.5. The number of unbranched alkanes of at least 4 members (excludes halogenated alkanes) is 12. The number of aliphatic hydroxyl groups is 3. The van der Waals surface area contributed by atoms with Gasteiger partial charge in [-0.25, -0.2) is 0 Å². The van der Waals surface area contributed by atoms with Gasteiger partial charge in [-0.1, -0.05) is 90.9 Å². The molecule has 1 fully saturated rings. The van der Waals surface area contributed by atoms with Crippen LogP contribution in [0.2, 0.25) is 0 Å². The molecule has 0 aromatic carbocycles. The van der Waals surface area contributed by atoms with E-state index in [4.69, 9.17) is 28.4 Å². The van der Waals surface area contributed by atoms with Crippen molar-refractivity contribution < 1.29 is 62.9 Å². The third kappa shape index (κ3) is 18.7. The quantitative estimate of drug-likeness (QED) is 0.0678. The first kappa shape index (κ1) is 42.7. The van der Waals surface area contributed by atoms with Crippen molar-refractivity contribution >= 4 is 23.9 Å². The summed E-state index contributed by atoms with van der Waals surface area (Å²) in [6.07, 6.45) is 3.91. The molecule has 3 N–H and O–H groups in total. The van der Waals surface area contributed by atoms with E-state index in [0.29, 0.717) is 12.8 Å². The Balaban J connectivity index is 3.20. The summed E-state index contributed by atoms with van der Waals surface area (Å²) in [6.45, 7) is 4.89. The minimum absolute atomic E-state index is 0.0661. The Morgan fingerprint density at radius 2 is 1.13 bits per heavy atom. The van der Waals surface area contributed by atoms with E-state index < -0.39 is 86.6 Å². The van der Waals surface area contributed by atoms with Crippen molar-refractivity contribution in [3.8, 4) is 0 Å². The Morgan fingerprint density at radius 3 is 1.60 bits per heavy atom. The van der Waals surface area contributed by atoms with Crippen LogP contribution in [-0.4, -0.2) is 102 Å². The van der Waals surface area contributed by atoms with E-state index in [1.165, 1.54) is 6.92 Å². The van der Waals surface area contributed by atoms with Gasteiger partial charge in [-0.2, -0.15) is 0 Å². The molecule has 0 aromatic rings. The number of carbonyl (C=O) groups is 4. The van der Waals surface area contributed by atoms with Gasteiger partial charge in [-0.05, 0) is 12.8 Å². The Kier molecular flexibility index (Phi) is 23.3. The van der Waals surface area contributed by atoms with E-state index in [0.717, 1.165) is 84.0 Å². The van der Waals surface area contributed by atoms with Crippen LogP contribution in [0.5, 0.6) is 0 Å². The van der Waals surface area contributed by atoms with Gasteiger partial charge in [0.2, 0.25) is 0 Å². The Hall–Kier alpha value is -2.32. The maximum absolute atomic E-state index is 13.1. The zero-order valence-electron chi connectivity index (χ0n) is 28.9. The molecule has 1 aliphatic rings. The van der Waals surface area contributed by atoms with Gasteiger partial charge in [0.05, 0.1) is 13.2 Å². The molecule has 274 valence electrons. The van der Waals surface area contributed by atoms with Gasteiger partial charge in [0.15, 0.2) is 24.6 Å². The highest BCUT2D eigenvalue weighted by molar-refractivity contribution is 5.71. The van der Waals surface area contributed by atoms with Crippen molar-refractivity contribution in [1.29, 1.82) is 0 Å². The lowest BCUT2D eigenvalue weighted by atomic mass is 9.97. The van der Waals surface area contributed by atoms with Crippen molar-refractivity contribution in [3.63, 3.8) is 0 Å². The molecule has 13 nitrogen and oxygen atoms in total. The van der Waals surface area contributed by atoms with Gasteiger partial charge in [-0.3, -0.25) is 19.2 Å². The minimum atomic E-state index is -1.54. The summed E-state index contributed by atoms with van der Waals surface area (Å²) in [5, 5.41) is 29.3. The van der Waals surface area contributed by atoms with E-state index in [9.17, 15) is 34.5 Å². The second-order valence-electron chi connectivity index (χ2n) is 12.2. The highest BCUT2D eigenvalue weighted by atomic mass is 16.7. The molecule has 0 saturated carbocycles. The molecule has 47 heavy (non-hydrogen) atoms. The standard InChI is InChI=1S/C34H60O13/c1-5-7-9-11-13-15-17-19-29(40)46-32-31(44-25(4)37)28(23-42-24(3)36)45-34(43-22-27(39)26(38)21-35)33(32)47-30(41)20-18-16-14-12-10-8-6-2/h26-28,31-35,38-39H,5-23H2,1-4H3/t26-,27-,28-,31-,32+,33+,34-/m1/s1. The highest BCUT2D eigenvalue weighted by Gasteiger charge is 2.53. The normalized spacial score (nSPS) is 22.2. The second-order valence-corrected chi connectivity index (χ2v) is 12.2. The summed E-state index contributed by atoms with van der Waals surface area (Å²) >= 11 is 0. The lowest BCUT2D eigenvalue weighted by Gasteiger charge is -2.44. The van der Waals surface area contributed by atoms with Gasteiger partial charge >= 0.3 is 23.9 Å². The summed E-state index contributed by atoms with van der Waals surface area (Å²) in [4.78, 5) is 50.1. The van der Waals surface area contributed by atoms with Gasteiger partial charge in [-0.15, -0.1) is 0 Å². The predicted molar refractivity (Wildman–Crippen MR) is 171 cm³/mol. The van der Waals surface area contributed by atoms with E-state index in [1.807, 2.05) is 0 Å². The third-order valence-electron chi connectivity index (χ3n) is 7.91. The lowest BCUT2D eigenvalue weighted by molar-refractivity contribution is -0.312. The monoisotopic (exact) mass is 676 g/mol. The van der Waals surface area contributed by atoms with Crippen LogP contribution < -0.4 is 0 Å². The molecule has 1 heterocycles. The topological polar surface area (TPSA) is 184 Å². The van der Waals surface area contributed by atoms with Crippen molar-refractivity contribution in [2.24, 2.45) is 0 Å². The predicted octanol–water partition coefficient (Wildman–Crippen LogP) is 4.04. The third-order valence-corrected chi connectivity index (χ3v) is 7.91. The number of hydrogen-bond acceptors (Lipinski definition) is 13. The SMILES string of the molecule is CCCCCCCCCC(=O)O[C@@H]1[C@H](OC(=O)CCCCCCCCC)[C@H](OC[C@@H](O)[C@H](O)CO)O[C@H](COC(C)=O)[C@H]1OC(C)=O. The molecule has 0 spiro atoms. The average Bonchev–Trinajstić information content (AvgIpc) is 3.03. The van der Waals surface area contributed by atoms with E-state index in [-0.39, 0.29) is 12.8 Å². The molecule has 0 amide bonds. The smallest absolute Gasteiger partial charge is 0.306 e. The first-order valence-corrected chi connectivity index (χ1v) is 17.5. The summed E-state index contributed by atoms with van der Waals surface area (Å²) < 4.78 is 34.0. The fraction of sp³-hybridized carbons (Fsp3) is 0.882. The van der Waals surface area contributed by atoms with E-state index in [1.54, 1.807) is 0 Å². The van der Waals surface area contributed by atoms with E-state index in [2.05, 4.69) is 13.8 Å². The zero-order chi connectivity index (χ0) is 35.0. The largest absolute Gasteiger partial charge is 0.463 e. The number of carbonyl (C=O) groups excluding carboxylic acids is 4. The number of ether oxygens (including phenoxy) is 6. The maximum atomic E-state index is 13.1. The van der Waals surface area contributed by atoms with Crippen LogP contribution in [0.15, 0.2) is 0 Å². The summed E-state index contributed by atoms with van der Waals surface area (Å²) in [6, 6.07) is 0. The number of esters is 4. The summed E-state index contributed by atoms with van der Waals surface area (Å²) in [5.41, 5.74) is 0. The van der Waals surface area contributed by atoms with Crippen molar-refractivity contribution in [2.45, 2.75) is 173 Å². The van der Waals surface area contributed by atoms with Crippen LogP contribution in [0, 0.1) is 0 Å². The minimum Gasteiger partial charge on any atom is -0.463 e. The molecule has 0 aromatic heterocycles. The van der Waals surface area contributed by atoms with Crippen molar-refractivity contribution in [3.05, 3.63) is 0 Å². The molecular weight excluding hydrogens is 616 g/mol. The molecule has 1 rings (SSSR count). The fourth-order valence-electron chi connectivity index (χ4n) is 5.24. The molecule has 0 bridgehead atoms. The van der Waals surface area contributed by atoms with E-state index >= 15 is 0 Å². The lowest BCUT2D eigenvalue weighted by Crippen LogP contribution is -2.63. The van der Waals surface area contributed by atoms with Gasteiger partial charge in [0.25, 0.3) is 0 Å². The maximum Gasteiger partial charge on any atom is 0.306 e. The van der Waals surface area contributed by atoms with Gasteiger partial charge < -0.3 is 43.7 Å². The van der Waals surface area contributed by atoms with Crippen LogP contribution in [-0.2, 0) is 47.6 Å². The van der Waals surface area contributed by atoms with Crippen molar-refractivity contribution in [2.75, 3.05) is 19.8 Å². The number of rotatable bonds is 26. The Bertz CT molecular complexity index is 882. The molecule has 13 heteroatoms. The van der Waals surface area contributed by atoms with Crippen LogP contribution in [0.3, 0.4) is 0 Å². The first-order valence-electron chi connectivity index (χ1n) is 17.5. The second kappa shape index (κ2) is 25.7. The molecule has 0 radical (unpaired) electrons. The molecule has 0 aliphatic carbocycles. The average molecular weight is 677 g/mol. The summed E-state index contributed by atoms with van der Waals surface area (Å²) in [7, 11) is 0. The molecule has 0 unspecified atom stereocenters. The Labute approximate surface area is 279 Å². The molecule has 7 atom stereocenters. The molecule has 1 saturated heterocycles. The molecular formula is C34H60O13. The van der Waals surface area contributed by atoms with Crippen molar-refractivity contribution in [1.82, 2.24) is 0 Å². The van der Waals surface area contributed by atoms with Crippen LogP contribution in [0.4, 0.5) is 0 Å². The number of hydrogen-bond donors (Lipinski definition) is 3.